The molecule has 0 radical (unpaired) electrons. The van der Waals surface area contributed by atoms with Crippen molar-refractivity contribution >= 4 is 25.7 Å². The number of primary sulfonamides is 1. The standard InChI is InChI=1S/C15H17FN2O4S2/c1-10-4-9-14(23(17,19)20)11(2)15(10)18(3)24(21,22)13-7-5-12(16)6-8-13/h4-9H,1-3H3,(H2,17,19,20). The summed E-state index contributed by atoms with van der Waals surface area (Å²) in [6.45, 7) is 3.14. The van der Waals surface area contributed by atoms with Crippen molar-refractivity contribution < 1.29 is 21.2 Å². The Balaban J connectivity index is 2.65. The molecule has 0 unspecified atom stereocenters. The van der Waals surface area contributed by atoms with Crippen LogP contribution in [0.5, 0.6) is 0 Å². The zero-order valence-electron chi connectivity index (χ0n) is 13.3. The van der Waals surface area contributed by atoms with Crippen molar-refractivity contribution in [1.29, 1.82) is 0 Å². The third kappa shape index (κ3) is 3.28. The summed E-state index contributed by atoms with van der Waals surface area (Å²) in [6.07, 6.45) is 0. The van der Waals surface area contributed by atoms with Crippen LogP contribution in [0.4, 0.5) is 10.1 Å². The monoisotopic (exact) mass is 372 g/mol. The van der Waals surface area contributed by atoms with Crippen molar-refractivity contribution in [3.8, 4) is 0 Å². The van der Waals surface area contributed by atoms with Gasteiger partial charge in [-0.2, -0.15) is 0 Å². The molecular weight excluding hydrogens is 355 g/mol. The van der Waals surface area contributed by atoms with Crippen LogP contribution in [0.3, 0.4) is 0 Å². The first-order valence-electron chi connectivity index (χ1n) is 6.84. The van der Waals surface area contributed by atoms with Crippen LogP contribution >= 0.6 is 0 Å². The van der Waals surface area contributed by atoms with Crippen molar-refractivity contribution in [1.82, 2.24) is 0 Å². The zero-order chi connectivity index (χ0) is 18.3. The Bertz CT molecular complexity index is 985. The van der Waals surface area contributed by atoms with Crippen molar-refractivity contribution in [2.45, 2.75) is 23.6 Å². The molecule has 0 aliphatic rings. The third-order valence-electron chi connectivity index (χ3n) is 3.68. The van der Waals surface area contributed by atoms with Gasteiger partial charge in [0, 0.05) is 7.05 Å². The number of sulfonamides is 2. The zero-order valence-corrected chi connectivity index (χ0v) is 14.9. The van der Waals surface area contributed by atoms with Crippen LogP contribution < -0.4 is 9.44 Å². The lowest BCUT2D eigenvalue weighted by atomic mass is 10.1. The van der Waals surface area contributed by atoms with E-state index in [0.717, 1.165) is 28.6 Å². The number of benzene rings is 2. The molecule has 2 aromatic rings. The molecule has 130 valence electrons. The molecule has 2 aromatic carbocycles. The Labute approximate surface area is 140 Å². The highest BCUT2D eigenvalue weighted by Crippen LogP contribution is 2.32. The minimum absolute atomic E-state index is 0.105. The lowest BCUT2D eigenvalue weighted by Crippen LogP contribution is -2.28. The maximum absolute atomic E-state index is 13.0. The van der Waals surface area contributed by atoms with Crippen LogP contribution in [0.2, 0.25) is 0 Å². The van der Waals surface area contributed by atoms with Crippen LogP contribution in [-0.4, -0.2) is 23.9 Å². The lowest BCUT2D eigenvalue weighted by Gasteiger charge is -2.24. The first-order chi connectivity index (χ1) is 11.0. The molecule has 2 N–H and O–H groups in total. The van der Waals surface area contributed by atoms with Crippen LogP contribution in [0.25, 0.3) is 0 Å². The highest BCUT2D eigenvalue weighted by Gasteiger charge is 2.26. The second-order valence-electron chi connectivity index (χ2n) is 5.33. The van der Waals surface area contributed by atoms with Crippen molar-refractivity contribution in [2.75, 3.05) is 11.4 Å². The third-order valence-corrected chi connectivity index (χ3v) is 6.50. The van der Waals surface area contributed by atoms with E-state index in [-0.39, 0.29) is 21.0 Å². The molecule has 0 saturated heterocycles. The van der Waals surface area contributed by atoms with Crippen LogP contribution in [0.15, 0.2) is 46.2 Å². The summed E-state index contributed by atoms with van der Waals surface area (Å²) in [5.74, 6) is -0.555. The Morgan fingerprint density at radius 1 is 0.958 bits per heavy atom. The molecule has 0 amide bonds. The fraction of sp³-hybridized carbons (Fsp3) is 0.200. The number of hydrogen-bond acceptors (Lipinski definition) is 4. The van der Waals surface area contributed by atoms with Gasteiger partial charge in [0.25, 0.3) is 10.0 Å². The summed E-state index contributed by atoms with van der Waals surface area (Å²) in [5, 5.41) is 5.18. The maximum atomic E-state index is 13.0. The number of rotatable bonds is 4. The average Bonchev–Trinajstić information content (AvgIpc) is 2.46. The summed E-state index contributed by atoms with van der Waals surface area (Å²) in [5.41, 5.74) is 1.00. The molecule has 0 heterocycles. The van der Waals surface area contributed by atoms with Gasteiger partial charge in [-0.15, -0.1) is 0 Å². The molecule has 0 bridgehead atoms. The summed E-state index contributed by atoms with van der Waals surface area (Å²) >= 11 is 0. The van der Waals surface area contributed by atoms with Gasteiger partial charge >= 0.3 is 0 Å². The molecule has 0 atom stereocenters. The van der Waals surface area contributed by atoms with E-state index >= 15 is 0 Å². The quantitative estimate of drug-likeness (QED) is 0.886. The second kappa shape index (κ2) is 6.15. The van der Waals surface area contributed by atoms with Crippen molar-refractivity contribution in [2.24, 2.45) is 5.14 Å². The Morgan fingerprint density at radius 3 is 2.00 bits per heavy atom. The Hall–Kier alpha value is -1.97. The lowest BCUT2D eigenvalue weighted by molar-refractivity contribution is 0.591. The van der Waals surface area contributed by atoms with Gasteiger partial charge in [-0.1, -0.05) is 6.07 Å². The van der Waals surface area contributed by atoms with Gasteiger partial charge in [0.15, 0.2) is 0 Å². The SMILES string of the molecule is Cc1ccc(S(N)(=O)=O)c(C)c1N(C)S(=O)(=O)c1ccc(F)cc1. The van der Waals surface area contributed by atoms with Gasteiger partial charge in [0.1, 0.15) is 5.82 Å². The molecule has 0 aliphatic carbocycles. The molecule has 0 aliphatic heterocycles. The van der Waals surface area contributed by atoms with Crippen LogP contribution in [0, 0.1) is 19.7 Å². The first-order valence-corrected chi connectivity index (χ1v) is 9.82. The summed E-state index contributed by atoms with van der Waals surface area (Å²) in [7, 11) is -6.67. The molecule has 0 saturated carbocycles. The highest BCUT2D eigenvalue weighted by atomic mass is 32.2. The predicted octanol–water partition coefficient (Wildman–Crippen LogP) is 1.92. The van der Waals surface area contributed by atoms with Gasteiger partial charge in [-0.3, -0.25) is 4.31 Å². The number of nitrogens with zero attached hydrogens (tertiary/aromatic N) is 1. The number of aryl methyl sites for hydroxylation is 1. The van der Waals surface area contributed by atoms with Crippen LogP contribution in [-0.2, 0) is 20.0 Å². The number of hydrogen-bond donors (Lipinski definition) is 1. The summed E-state index contributed by atoms with van der Waals surface area (Å²) in [6, 6.07) is 7.20. The van der Waals surface area contributed by atoms with Crippen molar-refractivity contribution in [3.63, 3.8) is 0 Å². The maximum Gasteiger partial charge on any atom is 0.264 e. The van der Waals surface area contributed by atoms with E-state index in [2.05, 4.69) is 0 Å². The minimum atomic E-state index is -3.99. The average molecular weight is 372 g/mol. The van der Waals surface area contributed by atoms with E-state index in [4.69, 9.17) is 5.14 Å². The fourth-order valence-corrected chi connectivity index (χ4v) is 4.59. The van der Waals surface area contributed by atoms with E-state index in [0.29, 0.717) is 5.56 Å². The summed E-state index contributed by atoms with van der Waals surface area (Å²) in [4.78, 5) is -0.254. The Kier molecular flexibility index (Phi) is 4.71. The molecular formula is C15H17FN2O4S2. The molecule has 6 nitrogen and oxygen atoms in total. The van der Waals surface area contributed by atoms with Crippen molar-refractivity contribution in [3.05, 3.63) is 53.3 Å². The molecule has 0 aromatic heterocycles. The predicted molar refractivity (Wildman–Crippen MR) is 89.3 cm³/mol. The fourth-order valence-electron chi connectivity index (χ4n) is 2.49. The smallest absolute Gasteiger partial charge is 0.264 e. The van der Waals surface area contributed by atoms with Gasteiger partial charge < -0.3 is 0 Å². The minimum Gasteiger partial charge on any atom is -0.269 e. The molecule has 24 heavy (non-hydrogen) atoms. The second-order valence-corrected chi connectivity index (χ2v) is 8.82. The van der Waals surface area contributed by atoms with E-state index in [9.17, 15) is 21.2 Å². The van der Waals surface area contributed by atoms with Crippen LogP contribution in [0.1, 0.15) is 11.1 Å². The van der Waals surface area contributed by atoms with Gasteiger partial charge in [-0.25, -0.2) is 26.4 Å². The Morgan fingerprint density at radius 2 is 1.50 bits per heavy atom. The van der Waals surface area contributed by atoms with E-state index in [1.165, 1.54) is 26.1 Å². The van der Waals surface area contributed by atoms with E-state index in [1.807, 2.05) is 0 Å². The van der Waals surface area contributed by atoms with Gasteiger partial charge in [0.2, 0.25) is 10.0 Å². The van der Waals surface area contributed by atoms with Gasteiger partial charge in [-0.05, 0) is 55.3 Å². The normalized spacial score (nSPS) is 12.2. The molecule has 0 fully saturated rings. The molecule has 2 rings (SSSR count). The largest absolute Gasteiger partial charge is 0.269 e. The number of anilines is 1. The topological polar surface area (TPSA) is 97.5 Å². The first kappa shape index (κ1) is 18.4. The van der Waals surface area contributed by atoms with Gasteiger partial charge in [0.05, 0.1) is 15.5 Å². The highest BCUT2D eigenvalue weighted by molar-refractivity contribution is 7.92. The van der Waals surface area contributed by atoms with E-state index < -0.39 is 25.9 Å². The molecule has 0 spiro atoms. The van der Waals surface area contributed by atoms with E-state index in [1.54, 1.807) is 6.92 Å². The number of halogens is 1. The number of nitrogens with two attached hydrogens (primary N) is 1. The summed E-state index contributed by atoms with van der Waals surface area (Å²) < 4.78 is 62.8. The molecule has 9 heteroatoms.